The van der Waals surface area contributed by atoms with Crippen LogP contribution in [0.3, 0.4) is 0 Å². The molecular weight excluding hydrogens is 172 g/mol. The monoisotopic (exact) mass is 194 g/mol. The molecular formula is C13H22O. The van der Waals surface area contributed by atoms with Crippen LogP contribution in [0.2, 0.25) is 0 Å². The molecule has 3 aliphatic carbocycles. The van der Waals surface area contributed by atoms with E-state index in [1.165, 1.54) is 32.1 Å². The summed E-state index contributed by atoms with van der Waals surface area (Å²) in [5.41, 5.74) is 0. The summed E-state index contributed by atoms with van der Waals surface area (Å²) in [6.07, 6.45) is 8.46. The first-order valence-electron chi connectivity index (χ1n) is 6.43. The highest BCUT2D eigenvalue weighted by Gasteiger charge is 2.53. The van der Waals surface area contributed by atoms with Gasteiger partial charge in [-0.1, -0.05) is 6.42 Å². The second-order valence-corrected chi connectivity index (χ2v) is 6.00. The zero-order chi connectivity index (χ0) is 9.71. The van der Waals surface area contributed by atoms with Gasteiger partial charge in [0.15, 0.2) is 0 Å². The fourth-order valence-electron chi connectivity index (χ4n) is 4.92. The van der Waals surface area contributed by atoms with Crippen molar-refractivity contribution < 1.29 is 5.11 Å². The Morgan fingerprint density at radius 3 is 2.71 bits per heavy atom. The first-order chi connectivity index (χ1) is 6.75. The van der Waals surface area contributed by atoms with Crippen LogP contribution in [0.5, 0.6) is 0 Å². The van der Waals surface area contributed by atoms with E-state index in [1.54, 1.807) is 0 Å². The number of fused-ring (bicyclic) bond motifs is 5. The maximum absolute atomic E-state index is 9.48. The second-order valence-electron chi connectivity index (χ2n) is 6.00. The molecule has 3 saturated carbocycles. The molecule has 6 unspecified atom stereocenters. The molecule has 6 atom stereocenters. The molecule has 0 saturated heterocycles. The van der Waals surface area contributed by atoms with E-state index < -0.39 is 0 Å². The maximum atomic E-state index is 9.48. The molecule has 14 heavy (non-hydrogen) atoms. The van der Waals surface area contributed by atoms with Crippen molar-refractivity contribution in [1.82, 2.24) is 0 Å². The molecule has 0 aromatic carbocycles. The predicted molar refractivity (Wildman–Crippen MR) is 56.8 cm³/mol. The molecule has 1 nitrogen and oxygen atoms in total. The van der Waals surface area contributed by atoms with Crippen molar-refractivity contribution in [1.29, 1.82) is 0 Å². The summed E-state index contributed by atoms with van der Waals surface area (Å²) in [6, 6.07) is 0. The normalized spacial score (nSPS) is 52.3. The molecule has 80 valence electrons. The third kappa shape index (κ3) is 1.25. The van der Waals surface area contributed by atoms with Crippen molar-refractivity contribution in [2.45, 2.75) is 51.6 Å². The minimum absolute atomic E-state index is 0.0702. The second kappa shape index (κ2) is 3.23. The summed E-state index contributed by atoms with van der Waals surface area (Å²) in [5, 5.41) is 9.48. The topological polar surface area (TPSA) is 20.2 Å². The number of hydrogen-bond donors (Lipinski definition) is 1. The quantitative estimate of drug-likeness (QED) is 0.716. The first-order valence-corrected chi connectivity index (χ1v) is 6.43. The van der Waals surface area contributed by atoms with Crippen molar-refractivity contribution in [3.63, 3.8) is 0 Å². The van der Waals surface area contributed by atoms with Gasteiger partial charge in [-0.25, -0.2) is 0 Å². The van der Waals surface area contributed by atoms with Crippen LogP contribution < -0.4 is 0 Å². The number of hydrogen-bond acceptors (Lipinski definition) is 1. The summed E-state index contributed by atoms with van der Waals surface area (Å²) in [5.74, 6) is 5.10. The van der Waals surface area contributed by atoms with Crippen molar-refractivity contribution in [3.05, 3.63) is 0 Å². The van der Waals surface area contributed by atoms with Gasteiger partial charge in [0.05, 0.1) is 6.10 Å². The molecule has 0 heterocycles. The van der Waals surface area contributed by atoms with E-state index in [0.29, 0.717) is 0 Å². The molecule has 0 aliphatic heterocycles. The highest BCUT2D eigenvalue weighted by Crippen LogP contribution is 2.61. The lowest BCUT2D eigenvalue weighted by Gasteiger charge is -2.32. The van der Waals surface area contributed by atoms with Crippen LogP contribution in [0.25, 0.3) is 0 Å². The summed E-state index contributed by atoms with van der Waals surface area (Å²) < 4.78 is 0. The Hall–Kier alpha value is -0.0400. The highest BCUT2D eigenvalue weighted by molar-refractivity contribution is 5.02. The zero-order valence-corrected chi connectivity index (χ0v) is 9.15. The van der Waals surface area contributed by atoms with Gasteiger partial charge in [-0.3, -0.25) is 0 Å². The maximum Gasteiger partial charge on any atom is 0.0514 e. The van der Waals surface area contributed by atoms with E-state index in [2.05, 4.69) is 0 Å². The SMILES string of the molecule is CC(O)CC1CC2CC1C1CCCC21. The Labute approximate surface area is 86.9 Å². The number of aliphatic hydroxyl groups excluding tert-OH is 1. The van der Waals surface area contributed by atoms with Gasteiger partial charge in [0.1, 0.15) is 0 Å². The summed E-state index contributed by atoms with van der Waals surface area (Å²) >= 11 is 0. The fourth-order valence-corrected chi connectivity index (χ4v) is 4.92. The molecule has 1 heteroatoms. The third-order valence-electron chi connectivity index (χ3n) is 5.21. The smallest absolute Gasteiger partial charge is 0.0514 e. The summed E-state index contributed by atoms with van der Waals surface area (Å²) in [6.45, 7) is 1.96. The van der Waals surface area contributed by atoms with Crippen molar-refractivity contribution >= 4 is 0 Å². The largest absolute Gasteiger partial charge is 0.393 e. The number of aliphatic hydroxyl groups is 1. The minimum atomic E-state index is -0.0702. The van der Waals surface area contributed by atoms with Gasteiger partial charge in [0, 0.05) is 0 Å². The molecule has 3 aliphatic rings. The average molecular weight is 194 g/mol. The fraction of sp³-hybridized carbons (Fsp3) is 1.00. The van der Waals surface area contributed by atoms with Gasteiger partial charge < -0.3 is 5.11 Å². The van der Waals surface area contributed by atoms with Crippen molar-refractivity contribution in [2.24, 2.45) is 29.6 Å². The van der Waals surface area contributed by atoms with Gasteiger partial charge in [0.2, 0.25) is 0 Å². The van der Waals surface area contributed by atoms with Crippen LogP contribution >= 0.6 is 0 Å². The summed E-state index contributed by atoms with van der Waals surface area (Å²) in [7, 11) is 0. The van der Waals surface area contributed by atoms with Crippen molar-refractivity contribution in [3.8, 4) is 0 Å². The Balaban J connectivity index is 1.71. The molecule has 3 rings (SSSR count). The Kier molecular flexibility index (Phi) is 2.12. The van der Waals surface area contributed by atoms with Gasteiger partial charge in [-0.2, -0.15) is 0 Å². The molecule has 0 spiro atoms. The lowest BCUT2D eigenvalue weighted by Crippen LogP contribution is -2.26. The molecule has 3 fully saturated rings. The van der Waals surface area contributed by atoms with E-state index in [0.717, 1.165) is 36.0 Å². The lowest BCUT2D eigenvalue weighted by molar-refractivity contribution is 0.110. The van der Waals surface area contributed by atoms with E-state index in [9.17, 15) is 5.11 Å². The van der Waals surface area contributed by atoms with E-state index >= 15 is 0 Å². The van der Waals surface area contributed by atoms with Gasteiger partial charge >= 0.3 is 0 Å². The summed E-state index contributed by atoms with van der Waals surface area (Å²) in [4.78, 5) is 0. The average Bonchev–Trinajstić information content (AvgIpc) is 2.68. The van der Waals surface area contributed by atoms with E-state index in [-0.39, 0.29) is 6.10 Å². The molecule has 1 N–H and O–H groups in total. The lowest BCUT2D eigenvalue weighted by atomic mass is 9.74. The molecule has 0 aromatic rings. The first kappa shape index (κ1) is 9.21. The molecule has 0 aromatic heterocycles. The van der Waals surface area contributed by atoms with Gasteiger partial charge in [-0.15, -0.1) is 0 Å². The van der Waals surface area contributed by atoms with Crippen LogP contribution in [0.1, 0.15) is 45.4 Å². The van der Waals surface area contributed by atoms with Crippen molar-refractivity contribution in [2.75, 3.05) is 0 Å². The molecule has 0 radical (unpaired) electrons. The van der Waals surface area contributed by atoms with Crippen LogP contribution in [-0.2, 0) is 0 Å². The Morgan fingerprint density at radius 1 is 1.14 bits per heavy atom. The standard InChI is InChI=1S/C13H22O/c1-8(14)5-9-6-10-7-13(9)12-4-2-3-11(10)12/h8-14H,2-7H2,1H3. The van der Waals surface area contributed by atoms with Crippen LogP contribution in [-0.4, -0.2) is 11.2 Å². The van der Waals surface area contributed by atoms with E-state index in [4.69, 9.17) is 0 Å². The van der Waals surface area contributed by atoms with Crippen LogP contribution in [0.4, 0.5) is 0 Å². The predicted octanol–water partition coefficient (Wildman–Crippen LogP) is 2.83. The third-order valence-corrected chi connectivity index (χ3v) is 5.21. The highest BCUT2D eigenvalue weighted by atomic mass is 16.3. The molecule has 0 amide bonds. The Bertz CT molecular complexity index is 223. The Morgan fingerprint density at radius 2 is 1.93 bits per heavy atom. The van der Waals surface area contributed by atoms with Gasteiger partial charge in [-0.05, 0) is 68.6 Å². The van der Waals surface area contributed by atoms with Crippen LogP contribution in [0, 0.1) is 29.6 Å². The zero-order valence-electron chi connectivity index (χ0n) is 9.15. The van der Waals surface area contributed by atoms with Crippen LogP contribution in [0.15, 0.2) is 0 Å². The molecule has 2 bridgehead atoms. The minimum Gasteiger partial charge on any atom is -0.393 e. The number of rotatable bonds is 2. The van der Waals surface area contributed by atoms with Gasteiger partial charge in [0.25, 0.3) is 0 Å². The van der Waals surface area contributed by atoms with E-state index in [1.807, 2.05) is 6.92 Å².